The zero-order valence-corrected chi connectivity index (χ0v) is 14.8. The Morgan fingerprint density at radius 3 is 2.81 bits per heavy atom. The van der Waals surface area contributed by atoms with Crippen LogP contribution in [0.1, 0.15) is 6.42 Å². The number of methoxy groups -OCH3 is 2. The molecular weight excluding hydrogens is 340 g/mol. The second-order valence-electron chi connectivity index (χ2n) is 5.88. The molecule has 2 aliphatic heterocycles. The number of hydrogen-bond donors (Lipinski definition) is 2. The van der Waals surface area contributed by atoms with Gasteiger partial charge in [-0.15, -0.1) is 0 Å². The Balaban J connectivity index is 1.62. The number of nitrogens with zero attached hydrogens (tertiary/aromatic N) is 2. The third-order valence-electron chi connectivity index (χ3n) is 4.19. The number of carbonyl (C=O) groups excluding carboxylic acids is 2. The summed E-state index contributed by atoms with van der Waals surface area (Å²) in [6.45, 7) is 2.52. The van der Waals surface area contributed by atoms with Gasteiger partial charge >= 0.3 is 0 Å². The largest absolute Gasteiger partial charge is 0.497 e. The van der Waals surface area contributed by atoms with Crippen LogP contribution in [0, 0.1) is 0 Å². The molecule has 0 aliphatic carbocycles. The molecule has 0 unspecified atom stereocenters. The van der Waals surface area contributed by atoms with Crippen LogP contribution in [0.5, 0.6) is 11.5 Å². The molecule has 26 heavy (non-hydrogen) atoms. The molecule has 1 saturated heterocycles. The molecule has 1 atom stereocenters. The highest BCUT2D eigenvalue weighted by molar-refractivity contribution is 6.07. The highest BCUT2D eigenvalue weighted by Crippen LogP contribution is 2.29. The summed E-state index contributed by atoms with van der Waals surface area (Å²) >= 11 is 0. The Morgan fingerprint density at radius 2 is 2.12 bits per heavy atom. The van der Waals surface area contributed by atoms with Gasteiger partial charge in [-0.3, -0.25) is 14.9 Å². The summed E-state index contributed by atoms with van der Waals surface area (Å²) in [4.78, 5) is 30.8. The van der Waals surface area contributed by atoms with Crippen LogP contribution in [0.15, 0.2) is 23.2 Å². The predicted molar refractivity (Wildman–Crippen MR) is 94.6 cm³/mol. The van der Waals surface area contributed by atoms with E-state index in [1.807, 2.05) is 4.90 Å². The SMILES string of the molecule is COc1ccc(NC(=O)C[C@H]2N=C(N3CCOCC3)NC2=O)c(OC)c1. The molecule has 0 bridgehead atoms. The zero-order chi connectivity index (χ0) is 18.5. The molecule has 0 radical (unpaired) electrons. The maximum absolute atomic E-state index is 12.3. The minimum atomic E-state index is -0.739. The summed E-state index contributed by atoms with van der Waals surface area (Å²) < 4.78 is 15.7. The first-order chi connectivity index (χ1) is 12.6. The number of rotatable bonds is 5. The van der Waals surface area contributed by atoms with Gasteiger partial charge in [-0.1, -0.05) is 0 Å². The smallest absolute Gasteiger partial charge is 0.252 e. The fourth-order valence-corrected chi connectivity index (χ4v) is 2.78. The van der Waals surface area contributed by atoms with Gasteiger partial charge in [-0.25, -0.2) is 4.99 Å². The van der Waals surface area contributed by atoms with Gasteiger partial charge in [-0.2, -0.15) is 0 Å². The van der Waals surface area contributed by atoms with E-state index in [0.717, 1.165) is 0 Å². The summed E-state index contributed by atoms with van der Waals surface area (Å²) in [7, 11) is 3.06. The molecule has 2 heterocycles. The standard InChI is InChI=1S/C17H22N4O5/c1-24-11-3-4-12(14(9-11)25-2)18-15(22)10-13-16(23)20-17(19-13)21-5-7-26-8-6-21/h3-4,9,13H,5-8,10H2,1-2H3,(H,18,22)(H,19,20,23)/t13-/m1/s1. The zero-order valence-electron chi connectivity index (χ0n) is 14.8. The van der Waals surface area contributed by atoms with Crippen molar-refractivity contribution in [1.29, 1.82) is 0 Å². The van der Waals surface area contributed by atoms with Crippen molar-refractivity contribution in [3.63, 3.8) is 0 Å². The summed E-state index contributed by atoms with van der Waals surface area (Å²) in [5.41, 5.74) is 0.508. The lowest BCUT2D eigenvalue weighted by Crippen LogP contribution is -2.46. The van der Waals surface area contributed by atoms with Gasteiger partial charge in [0.1, 0.15) is 17.5 Å². The summed E-state index contributed by atoms with van der Waals surface area (Å²) in [6, 6.07) is 4.34. The normalized spacial score (nSPS) is 19.6. The van der Waals surface area contributed by atoms with Crippen LogP contribution >= 0.6 is 0 Å². The summed E-state index contributed by atoms with van der Waals surface area (Å²) in [5, 5.41) is 5.49. The molecule has 0 saturated carbocycles. The molecule has 0 aromatic heterocycles. The van der Waals surface area contributed by atoms with Gasteiger partial charge in [0.15, 0.2) is 0 Å². The topological polar surface area (TPSA) is 101 Å². The van der Waals surface area contributed by atoms with Crippen LogP contribution in [0.3, 0.4) is 0 Å². The number of ether oxygens (including phenoxy) is 3. The molecule has 9 nitrogen and oxygen atoms in total. The Morgan fingerprint density at radius 1 is 1.35 bits per heavy atom. The molecule has 9 heteroatoms. The maximum Gasteiger partial charge on any atom is 0.252 e. The first-order valence-electron chi connectivity index (χ1n) is 8.34. The van der Waals surface area contributed by atoms with Crippen molar-refractivity contribution in [3.8, 4) is 11.5 Å². The average Bonchev–Trinajstić information content (AvgIpc) is 3.03. The van der Waals surface area contributed by atoms with Crippen LogP contribution in [-0.4, -0.2) is 69.2 Å². The Hall–Kier alpha value is -2.81. The van der Waals surface area contributed by atoms with Gasteiger partial charge < -0.3 is 24.4 Å². The van der Waals surface area contributed by atoms with E-state index < -0.39 is 6.04 Å². The number of amides is 2. The van der Waals surface area contributed by atoms with Crippen LogP contribution in [0.2, 0.25) is 0 Å². The number of guanidine groups is 1. The molecule has 2 aliphatic rings. The first-order valence-corrected chi connectivity index (χ1v) is 8.34. The second kappa shape index (κ2) is 8.05. The van der Waals surface area contributed by atoms with Crippen molar-refractivity contribution in [2.75, 3.05) is 45.8 Å². The van der Waals surface area contributed by atoms with E-state index in [4.69, 9.17) is 14.2 Å². The summed E-state index contributed by atoms with van der Waals surface area (Å²) in [5.74, 6) is 1.02. The molecule has 0 spiro atoms. The number of hydrogen-bond acceptors (Lipinski definition) is 7. The van der Waals surface area contributed by atoms with Gasteiger partial charge in [0.2, 0.25) is 11.9 Å². The van der Waals surface area contributed by atoms with Crippen molar-refractivity contribution in [1.82, 2.24) is 10.2 Å². The van der Waals surface area contributed by atoms with E-state index >= 15 is 0 Å². The molecule has 1 aromatic carbocycles. The quantitative estimate of drug-likeness (QED) is 0.777. The van der Waals surface area contributed by atoms with Crippen LogP contribution in [0.4, 0.5) is 5.69 Å². The molecule has 2 amide bonds. The number of nitrogens with one attached hydrogen (secondary N) is 2. The highest BCUT2D eigenvalue weighted by Gasteiger charge is 2.31. The van der Waals surface area contributed by atoms with Gasteiger partial charge in [-0.05, 0) is 12.1 Å². The van der Waals surface area contributed by atoms with E-state index in [0.29, 0.717) is 49.4 Å². The average molecular weight is 362 g/mol. The van der Waals surface area contributed by atoms with Crippen molar-refractivity contribution in [3.05, 3.63) is 18.2 Å². The number of aliphatic imine (C=N–C) groups is 1. The predicted octanol–water partition coefficient (Wildman–Crippen LogP) is 0.219. The van der Waals surface area contributed by atoms with Crippen LogP contribution in [0.25, 0.3) is 0 Å². The van der Waals surface area contributed by atoms with E-state index in [1.165, 1.54) is 7.11 Å². The fraction of sp³-hybridized carbons (Fsp3) is 0.471. The lowest BCUT2D eigenvalue weighted by molar-refractivity contribution is -0.124. The fourth-order valence-electron chi connectivity index (χ4n) is 2.78. The van der Waals surface area contributed by atoms with Crippen molar-refractivity contribution in [2.45, 2.75) is 12.5 Å². The Kier molecular flexibility index (Phi) is 5.57. The minimum Gasteiger partial charge on any atom is -0.497 e. The number of anilines is 1. The van der Waals surface area contributed by atoms with E-state index in [-0.39, 0.29) is 18.2 Å². The molecule has 1 aromatic rings. The lowest BCUT2D eigenvalue weighted by atomic mass is 10.2. The number of carbonyl (C=O) groups is 2. The van der Waals surface area contributed by atoms with E-state index in [9.17, 15) is 9.59 Å². The monoisotopic (exact) mass is 362 g/mol. The number of morpholine rings is 1. The molecule has 1 fully saturated rings. The maximum atomic E-state index is 12.3. The molecule has 140 valence electrons. The molecular formula is C17H22N4O5. The third-order valence-corrected chi connectivity index (χ3v) is 4.19. The Bertz CT molecular complexity index is 715. The highest BCUT2D eigenvalue weighted by atomic mass is 16.5. The third kappa shape index (κ3) is 4.05. The molecule has 2 N–H and O–H groups in total. The second-order valence-corrected chi connectivity index (χ2v) is 5.88. The first kappa shape index (κ1) is 18.0. The van der Waals surface area contributed by atoms with Crippen molar-refractivity contribution >= 4 is 23.5 Å². The van der Waals surface area contributed by atoms with Gasteiger partial charge in [0, 0.05) is 19.2 Å². The van der Waals surface area contributed by atoms with Gasteiger partial charge in [0.25, 0.3) is 5.91 Å². The minimum absolute atomic E-state index is 0.0468. The van der Waals surface area contributed by atoms with Crippen molar-refractivity contribution in [2.24, 2.45) is 4.99 Å². The Labute approximate surface area is 151 Å². The molecule has 3 rings (SSSR count). The van der Waals surface area contributed by atoms with Crippen molar-refractivity contribution < 1.29 is 23.8 Å². The van der Waals surface area contributed by atoms with Gasteiger partial charge in [0.05, 0.1) is 39.5 Å². The number of benzene rings is 1. The van der Waals surface area contributed by atoms with E-state index in [1.54, 1.807) is 25.3 Å². The van der Waals surface area contributed by atoms with Crippen LogP contribution < -0.4 is 20.1 Å². The summed E-state index contributed by atoms with van der Waals surface area (Å²) in [6.07, 6.45) is -0.0468. The van der Waals surface area contributed by atoms with E-state index in [2.05, 4.69) is 15.6 Å². The lowest BCUT2D eigenvalue weighted by Gasteiger charge is -2.27. The van der Waals surface area contributed by atoms with Crippen LogP contribution in [-0.2, 0) is 14.3 Å².